The molecule has 5 fully saturated rings. The Labute approximate surface area is 150 Å². The second-order valence-corrected chi connectivity index (χ2v) is 8.61. The van der Waals surface area contributed by atoms with E-state index < -0.39 is 6.17 Å². The molecule has 5 aliphatic heterocycles. The minimum atomic E-state index is -0.676. The van der Waals surface area contributed by atoms with E-state index in [0.29, 0.717) is 36.8 Å². The average Bonchev–Trinajstić information content (AvgIpc) is 3.24. The molecule has 25 heavy (non-hydrogen) atoms. The van der Waals surface area contributed by atoms with Gasteiger partial charge in [-0.15, -0.1) is 0 Å². The Morgan fingerprint density at radius 1 is 1.04 bits per heavy atom. The Hall–Kier alpha value is -0.310. The van der Waals surface area contributed by atoms with Gasteiger partial charge >= 0.3 is 0 Å². The summed E-state index contributed by atoms with van der Waals surface area (Å²) >= 11 is 0. The number of hydrogen-bond donors (Lipinski definition) is 2. The Balaban J connectivity index is 1.40. The molecule has 0 aromatic heterocycles. The highest BCUT2D eigenvalue weighted by Gasteiger charge is 2.45. The Morgan fingerprint density at radius 2 is 2.00 bits per heavy atom. The third kappa shape index (κ3) is 3.24. The van der Waals surface area contributed by atoms with Crippen molar-refractivity contribution in [3.63, 3.8) is 0 Å². The van der Waals surface area contributed by atoms with Crippen LogP contribution in [0.15, 0.2) is 0 Å². The molecule has 5 heterocycles. The summed E-state index contributed by atoms with van der Waals surface area (Å²) in [5, 5.41) is 6.28. The minimum absolute atomic E-state index is 0.370. The van der Waals surface area contributed by atoms with Crippen LogP contribution in [0.2, 0.25) is 0 Å². The summed E-state index contributed by atoms with van der Waals surface area (Å²) in [5.41, 5.74) is 3.54. The van der Waals surface area contributed by atoms with Gasteiger partial charge < -0.3 is 4.74 Å². The van der Waals surface area contributed by atoms with Crippen LogP contribution in [0.3, 0.4) is 0 Å². The fourth-order valence-electron chi connectivity index (χ4n) is 5.86. The van der Waals surface area contributed by atoms with Crippen LogP contribution >= 0.6 is 0 Å². The van der Waals surface area contributed by atoms with Crippen molar-refractivity contribution < 1.29 is 9.13 Å². The van der Waals surface area contributed by atoms with Crippen LogP contribution in [0.1, 0.15) is 25.7 Å². The molecule has 0 aliphatic carbocycles. The molecule has 0 radical (unpaired) electrons. The van der Waals surface area contributed by atoms with Crippen molar-refractivity contribution in [2.75, 3.05) is 52.5 Å². The monoisotopic (exact) mass is 353 g/mol. The van der Waals surface area contributed by atoms with E-state index in [1.54, 1.807) is 0 Å². The number of halogens is 1. The summed E-state index contributed by atoms with van der Waals surface area (Å²) in [7, 11) is 0. The number of hydrazine groups is 1. The largest absolute Gasteiger partial charge is 0.380 e. The Morgan fingerprint density at radius 3 is 2.96 bits per heavy atom. The first kappa shape index (κ1) is 16.8. The van der Waals surface area contributed by atoms with Crippen LogP contribution in [-0.4, -0.2) is 91.8 Å². The van der Waals surface area contributed by atoms with E-state index in [1.807, 2.05) is 0 Å². The van der Waals surface area contributed by atoms with Gasteiger partial charge in [0.05, 0.1) is 25.5 Å². The van der Waals surface area contributed by atoms with Gasteiger partial charge in [0.2, 0.25) is 0 Å². The molecule has 0 aromatic rings. The van der Waals surface area contributed by atoms with Crippen molar-refractivity contribution >= 4 is 0 Å². The van der Waals surface area contributed by atoms with E-state index >= 15 is 0 Å². The van der Waals surface area contributed by atoms with Crippen LogP contribution in [0.25, 0.3) is 0 Å². The maximum absolute atomic E-state index is 14.4. The van der Waals surface area contributed by atoms with Crippen molar-refractivity contribution in [1.82, 2.24) is 25.6 Å². The summed E-state index contributed by atoms with van der Waals surface area (Å²) < 4.78 is 20.4. The van der Waals surface area contributed by atoms with Gasteiger partial charge in [-0.2, -0.15) is 0 Å². The van der Waals surface area contributed by atoms with Crippen molar-refractivity contribution in [1.29, 1.82) is 0 Å². The lowest BCUT2D eigenvalue weighted by molar-refractivity contribution is -0.00930. The first-order chi connectivity index (χ1) is 12.3. The van der Waals surface area contributed by atoms with E-state index in [2.05, 4.69) is 25.6 Å². The topological polar surface area (TPSA) is 43.0 Å². The molecule has 5 saturated heterocycles. The molecule has 0 saturated carbocycles. The molecule has 142 valence electrons. The number of hydrogen-bond acceptors (Lipinski definition) is 6. The maximum Gasteiger partial charge on any atom is 0.113 e. The third-order valence-electron chi connectivity index (χ3n) is 7.02. The molecular weight excluding hydrogens is 321 g/mol. The smallest absolute Gasteiger partial charge is 0.113 e. The maximum atomic E-state index is 14.4. The van der Waals surface area contributed by atoms with E-state index in [-0.39, 0.29) is 0 Å². The first-order valence-electron chi connectivity index (χ1n) is 10.2. The zero-order valence-electron chi connectivity index (χ0n) is 15.1. The number of ether oxygens (including phenoxy) is 1. The summed E-state index contributed by atoms with van der Waals surface area (Å²) in [6.07, 6.45) is 4.50. The van der Waals surface area contributed by atoms with E-state index in [1.165, 1.54) is 12.8 Å². The Bertz CT molecular complexity index is 482. The predicted molar refractivity (Wildman–Crippen MR) is 93.5 cm³/mol. The predicted octanol–water partition coefficient (Wildman–Crippen LogP) is 0.223. The highest BCUT2D eigenvalue weighted by Crippen LogP contribution is 2.34. The van der Waals surface area contributed by atoms with Gasteiger partial charge in [0, 0.05) is 44.7 Å². The van der Waals surface area contributed by atoms with Crippen LogP contribution in [0.5, 0.6) is 0 Å². The number of nitrogens with one attached hydrogen (secondary N) is 2. The van der Waals surface area contributed by atoms with Gasteiger partial charge in [0.15, 0.2) is 0 Å². The quantitative estimate of drug-likeness (QED) is 0.650. The van der Waals surface area contributed by atoms with Gasteiger partial charge in [0.25, 0.3) is 0 Å². The summed E-state index contributed by atoms with van der Waals surface area (Å²) in [5.74, 6) is 0.956. The van der Waals surface area contributed by atoms with Gasteiger partial charge in [-0.25, -0.2) is 9.40 Å². The SMILES string of the molecule is FC1CC2CN(CCOCC3CNN4CCC(NC34)N3CCC[C@H]23)C1. The molecule has 7 heteroatoms. The number of rotatable bonds is 0. The number of fused-ring (bicyclic) bond motifs is 6. The average molecular weight is 353 g/mol. The van der Waals surface area contributed by atoms with Crippen molar-refractivity contribution in [2.24, 2.45) is 11.8 Å². The molecule has 2 N–H and O–H groups in total. The normalized spacial score (nSPS) is 49.1. The number of nitrogens with zero attached hydrogens (tertiary/aromatic N) is 3. The van der Waals surface area contributed by atoms with Crippen molar-refractivity contribution in [3.8, 4) is 0 Å². The lowest BCUT2D eigenvalue weighted by Crippen LogP contribution is -2.63. The molecule has 0 aromatic carbocycles. The highest BCUT2D eigenvalue weighted by molar-refractivity contribution is 4.97. The van der Waals surface area contributed by atoms with E-state index in [0.717, 1.165) is 58.8 Å². The second kappa shape index (κ2) is 7.02. The number of piperidine rings is 1. The van der Waals surface area contributed by atoms with E-state index in [9.17, 15) is 4.39 Å². The van der Waals surface area contributed by atoms with Crippen LogP contribution in [0.4, 0.5) is 4.39 Å². The number of alkyl halides is 1. The summed E-state index contributed by atoms with van der Waals surface area (Å²) in [6.45, 7) is 7.26. The molecular formula is C18H32FN5O. The third-order valence-corrected chi connectivity index (χ3v) is 7.02. The molecule has 6 nitrogen and oxygen atoms in total. The zero-order valence-corrected chi connectivity index (χ0v) is 15.1. The van der Waals surface area contributed by atoms with Crippen LogP contribution in [-0.2, 0) is 4.74 Å². The highest BCUT2D eigenvalue weighted by atomic mass is 19.1. The molecule has 0 spiro atoms. The van der Waals surface area contributed by atoms with Gasteiger partial charge in [-0.1, -0.05) is 0 Å². The standard InChI is InChI=1S/C18H32FN5O/c19-15-8-13-10-22(11-15)6-7-25-12-14-9-20-24-5-3-17(21-18(14)24)23-4-1-2-16(13)23/h13-18,20-21H,1-12H2/t13?,14?,15?,16-,17?,18?/m1/s1. The summed E-state index contributed by atoms with van der Waals surface area (Å²) in [6, 6.07) is 0.541. The molecule has 5 rings (SSSR count). The second-order valence-electron chi connectivity index (χ2n) is 8.61. The van der Waals surface area contributed by atoms with Crippen LogP contribution in [0, 0.1) is 11.8 Å². The van der Waals surface area contributed by atoms with Gasteiger partial charge in [-0.05, 0) is 38.1 Å². The fraction of sp³-hybridized carbons (Fsp3) is 1.00. The molecule has 6 unspecified atom stereocenters. The molecule has 7 atom stereocenters. The van der Waals surface area contributed by atoms with E-state index in [4.69, 9.17) is 4.74 Å². The molecule has 5 aliphatic rings. The van der Waals surface area contributed by atoms with Crippen molar-refractivity contribution in [2.45, 2.75) is 50.2 Å². The molecule has 0 amide bonds. The van der Waals surface area contributed by atoms with Gasteiger partial charge in [-0.3, -0.25) is 20.5 Å². The van der Waals surface area contributed by atoms with Gasteiger partial charge in [0.1, 0.15) is 6.17 Å². The molecule has 4 bridgehead atoms. The lowest BCUT2D eigenvalue weighted by atomic mass is 9.88. The fourth-order valence-corrected chi connectivity index (χ4v) is 5.86. The minimum Gasteiger partial charge on any atom is -0.380 e. The summed E-state index contributed by atoms with van der Waals surface area (Å²) in [4.78, 5) is 5.00. The first-order valence-corrected chi connectivity index (χ1v) is 10.2. The van der Waals surface area contributed by atoms with Crippen LogP contribution < -0.4 is 10.7 Å². The lowest BCUT2D eigenvalue weighted by Gasteiger charge is -2.46. The van der Waals surface area contributed by atoms with Crippen molar-refractivity contribution in [3.05, 3.63) is 0 Å². The zero-order chi connectivity index (χ0) is 16.8. The Kier molecular flexibility index (Phi) is 4.73.